The van der Waals surface area contributed by atoms with Crippen molar-refractivity contribution in [3.63, 3.8) is 0 Å². The van der Waals surface area contributed by atoms with Gasteiger partial charge in [0.15, 0.2) is 0 Å². The number of ether oxygens (including phenoxy) is 2. The van der Waals surface area contributed by atoms with Crippen LogP contribution in [0.25, 0.3) is 6.08 Å². The molecule has 0 aliphatic carbocycles. The second-order valence-electron chi connectivity index (χ2n) is 10.3. The van der Waals surface area contributed by atoms with Gasteiger partial charge in [-0.15, -0.1) is 11.3 Å². The first kappa shape index (κ1) is 30.1. The Balaban J connectivity index is 1.83. The molecule has 8 heteroatoms. The lowest BCUT2D eigenvalue weighted by molar-refractivity contribution is -0.137. The largest absolute Gasteiger partial charge is 0.463 e. The van der Waals surface area contributed by atoms with Crippen LogP contribution in [0.15, 0.2) is 72.9 Å². The summed E-state index contributed by atoms with van der Waals surface area (Å²) in [5.41, 5.74) is 1.46. The molecule has 0 aliphatic heterocycles. The number of benzene rings is 2. The third-order valence-electron chi connectivity index (χ3n) is 5.88. The minimum absolute atomic E-state index is 0.115. The monoisotopic (exact) mass is 550 g/mol. The minimum atomic E-state index is -0.867. The molecule has 7 nitrogen and oxygen atoms in total. The minimum Gasteiger partial charge on any atom is -0.463 e. The number of carbonyl (C=O) groups is 2. The van der Waals surface area contributed by atoms with Gasteiger partial charge in [-0.3, -0.25) is 0 Å². The highest BCUT2D eigenvalue weighted by Gasteiger charge is 2.29. The molecule has 0 spiro atoms. The molecule has 3 unspecified atom stereocenters. The Bertz CT molecular complexity index is 1200. The van der Waals surface area contributed by atoms with E-state index in [1.807, 2.05) is 69.3 Å². The van der Waals surface area contributed by atoms with Crippen molar-refractivity contribution in [2.75, 3.05) is 6.61 Å². The summed E-state index contributed by atoms with van der Waals surface area (Å²) >= 11 is 1.47. The van der Waals surface area contributed by atoms with E-state index >= 15 is 0 Å². The molecule has 0 radical (unpaired) electrons. The standard InChI is InChI=1S/C31H38N2O5S/c1-5-37-28(35)17-16-25-21-32-29(39-25)24(18-22-12-8-6-9-13-22)20-27(34)26(19-23-14-10-7-11-15-23)33-30(36)38-31(2,3)4/h6-17,21,24,26-27,34H,5,18-20H2,1-4H3,(H,33,36). The van der Waals surface area contributed by atoms with Crippen molar-refractivity contribution in [1.82, 2.24) is 10.3 Å². The number of alkyl carbamates (subject to hydrolysis) is 1. The molecule has 0 aliphatic rings. The number of nitrogens with zero attached hydrogens (tertiary/aromatic N) is 1. The van der Waals surface area contributed by atoms with Gasteiger partial charge in [-0.05, 0) is 64.2 Å². The van der Waals surface area contributed by atoms with E-state index in [0.717, 1.165) is 21.0 Å². The quantitative estimate of drug-likeness (QED) is 0.214. The average molecular weight is 551 g/mol. The second-order valence-corrected chi connectivity index (χ2v) is 11.4. The summed E-state index contributed by atoms with van der Waals surface area (Å²) in [5, 5.41) is 15.2. The Labute approximate surface area is 234 Å². The fraction of sp³-hybridized carbons (Fsp3) is 0.387. The predicted molar refractivity (Wildman–Crippen MR) is 155 cm³/mol. The van der Waals surface area contributed by atoms with Crippen molar-refractivity contribution >= 4 is 29.5 Å². The number of esters is 1. The first-order chi connectivity index (χ1) is 18.6. The zero-order valence-electron chi connectivity index (χ0n) is 23.0. The molecule has 3 aromatic rings. The molecule has 39 heavy (non-hydrogen) atoms. The van der Waals surface area contributed by atoms with E-state index in [1.165, 1.54) is 17.4 Å². The van der Waals surface area contributed by atoms with Gasteiger partial charge in [-0.1, -0.05) is 60.7 Å². The number of thiazole rings is 1. The molecule has 0 bridgehead atoms. The average Bonchev–Trinajstić information content (AvgIpc) is 3.36. The van der Waals surface area contributed by atoms with Crippen molar-refractivity contribution < 1.29 is 24.2 Å². The van der Waals surface area contributed by atoms with E-state index < -0.39 is 29.8 Å². The van der Waals surface area contributed by atoms with Crippen molar-refractivity contribution in [3.8, 4) is 0 Å². The number of hydrogen-bond acceptors (Lipinski definition) is 7. The van der Waals surface area contributed by atoms with Crippen LogP contribution in [0, 0.1) is 0 Å². The number of rotatable bonds is 12. The summed E-state index contributed by atoms with van der Waals surface area (Å²) in [7, 11) is 0. The van der Waals surface area contributed by atoms with Crippen molar-refractivity contribution in [2.24, 2.45) is 0 Å². The highest BCUT2D eigenvalue weighted by molar-refractivity contribution is 7.12. The molecule has 3 rings (SSSR count). The fourth-order valence-electron chi connectivity index (χ4n) is 4.14. The third kappa shape index (κ3) is 10.7. The number of carbonyl (C=O) groups excluding carboxylic acids is 2. The van der Waals surface area contributed by atoms with E-state index in [2.05, 4.69) is 22.4 Å². The lowest BCUT2D eigenvalue weighted by Crippen LogP contribution is -2.47. The molecule has 2 aromatic carbocycles. The van der Waals surface area contributed by atoms with Crippen LogP contribution in [-0.2, 0) is 27.1 Å². The molecule has 2 N–H and O–H groups in total. The van der Waals surface area contributed by atoms with E-state index in [0.29, 0.717) is 25.9 Å². The fourth-order valence-corrected chi connectivity index (χ4v) is 5.08. The van der Waals surface area contributed by atoms with Gasteiger partial charge in [0.1, 0.15) is 5.60 Å². The summed E-state index contributed by atoms with van der Waals surface area (Å²) in [6.07, 6.45) is 4.86. The van der Waals surface area contributed by atoms with Gasteiger partial charge < -0.3 is 19.9 Å². The van der Waals surface area contributed by atoms with Gasteiger partial charge in [-0.25, -0.2) is 14.6 Å². The maximum atomic E-state index is 12.7. The topological polar surface area (TPSA) is 97.8 Å². The lowest BCUT2D eigenvalue weighted by atomic mass is 9.89. The zero-order chi connectivity index (χ0) is 28.3. The normalized spacial score (nSPS) is 14.0. The first-order valence-corrected chi connectivity index (χ1v) is 14.0. The van der Waals surface area contributed by atoms with Crippen LogP contribution in [0.5, 0.6) is 0 Å². The SMILES string of the molecule is CCOC(=O)C=Cc1cnc(C(Cc2ccccc2)CC(O)C(Cc2ccccc2)NC(=O)OC(C)(C)C)s1. The third-order valence-corrected chi connectivity index (χ3v) is 7.00. The molecule has 3 atom stereocenters. The molecule has 1 heterocycles. The van der Waals surface area contributed by atoms with Gasteiger partial charge in [-0.2, -0.15) is 0 Å². The van der Waals surface area contributed by atoms with Gasteiger partial charge in [0.2, 0.25) is 0 Å². The van der Waals surface area contributed by atoms with Crippen molar-refractivity contribution in [2.45, 2.75) is 70.6 Å². The summed E-state index contributed by atoms with van der Waals surface area (Å²) in [4.78, 5) is 29.9. The second kappa shape index (κ2) is 14.6. The summed E-state index contributed by atoms with van der Waals surface area (Å²) in [5.74, 6) is -0.517. The highest BCUT2D eigenvalue weighted by Crippen LogP contribution is 2.31. The number of aliphatic hydroxyl groups excluding tert-OH is 1. The van der Waals surface area contributed by atoms with Crippen LogP contribution in [0.1, 0.15) is 61.0 Å². The van der Waals surface area contributed by atoms with Gasteiger partial charge in [0.25, 0.3) is 0 Å². The Morgan fingerprint density at radius 3 is 2.23 bits per heavy atom. The van der Waals surface area contributed by atoms with E-state index in [4.69, 9.17) is 9.47 Å². The summed E-state index contributed by atoms with van der Waals surface area (Å²) < 4.78 is 10.5. The van der Waals surface area contributed by atoms with Gasteiger partial charge >= 0.3 is 12.1 Å². The number of amides is 1. The number of nitrogens with one attached hydrogen (secondary N) is 1. The molecule has 1 amide bonds. The Kier molecular flexibility index (Phi) is 11.3. The molecular formula is C31H38N2O5S. The molecule has 208 valence electrons. The summed E-state index contributed by atoms with van der Waals surface area (Å²) in [6, 6.07) is 19.2. The molecule has 0 saturated heterocycles. The Morgan fingerprint density at radius 2 is 1.64 bits per heavy atom. The van der Waals surface area contributed by atoms with Crippen molar-refractivity contribution in [3.05, 3.63) is 93.9 Å². The van der Waals surface area contributed by atoms with Crippen LogP contribution in [0.4, 0.5) is 4.79 Å². The van der Waals surface area contributed by atoms with Crippen molar-refractivity contribution in [1.29, 1.82) is 0 Å². The van der Waals surface area contributed by atoms with Crippen LogP contribution < -0.4 is 5.32 Å². The number of aromatic nitrogens is 1. The Hall–Kier alpha value is -3.49. The van der Waals surface area contributed by atoms with E-state index in [1.54, 1.807) is 19.2 Å². The maximum Gasteiger partial charge on any atom is 0.407 e. The number of aliphatic hydroxyl groups is 1. The smallest absolute Gasteiger partial charge is 0.407 e. The maximum absolute atomic E-state index is 12.7. The number of hydrogen-bond donors (Lipinski definition) is 2. The molecule has 0 saturated carbocycles. The Morgan fingerprint density at radius 1 is 1.03 bits per heavy atom. The predicted octanol–water partition coefficient (Wildman–Crippen LogP) is 5.93. The van der Waals surface area contributed by atoms with Gasteiger partial charge in [0, 0.05) is 23.1 Å². The lowest BCUT2D eigenvalue weighted by Gasteiger charge is -2.29. The van der Waals surface area contributed by atoms with Crippen LogP contribution in [0.2, 0.25) is 0 Å². The molecule has 0 fully saturated rings. The van der Waals surface area contributed by atoms with E-state index in [-0.39, 0.29) is 5.92 Å². The van der Waals surface area contributed by atoms with Gasteiger partial charge in [0.05, 0.1) is 23.8 Å². The highest BCUT2D eigenvalue weighted by atomic mass is 32.1. The zero-order valence-corrected chi connectivity index (χ0v) is 23.8. The first-order valence-electron chi connectivity index (χ1n) is 13.2. The molecule has 1 aromatic heterocycles. The van der Waals surface area contributed by atoms with Crippen LogP contribution in [0.3, 0.4) is 0 Å². The van der Waals surface area contributed by atoms with E-state index in [9.17, 15) is 14.7 Å². The van der Waals surface area contributed by atoms with Crippen LogP contribution in [-0.4, -0.2) is 46.5 Å². The molecular weight excluding hydrogens is 512 g/mol. The van der Waals surface area contributed by atoms with Crippen LogP contribution >= 0.6 is 11.3 Å². The summed E-state index contributed by atoms with van der Waals surface area (Å²) in [6.45, 7) is 7.50.